The summed E-state index contributed by atoms with van der Waals surface area (Å²) in [4.78, 5) is 120. The average molecular weight is 999 g/mol. The first kappa shape index (κ1) is 55.1. The van der Waals surface area contributed by atoms with Crippen LogP contribution in [-0.4, -0.2) is 114 Å². The minimum atomic E-state index is -0.284. The molecule has 0 spiro atoms. The van der Waals surface area contributed by atoms with Crippen molar-refractivity contribution in [2.24, 2.45) is 42.3 Å². The molecule has 0 saturated carbocycles. The Hall–Kier alpha value is -7.21. The largest absolute Gasteiger partial charge is 0.348 e. The summed E-state index contributed by atoms with van der Waals surface area (Å²) < 4.78 is 9.98. The van der Waals surface area contributed by atoms with Gasteiger partial charge in [0.25, 0.3) is 0 Å². The molecule has 0 aromatic carbocycles. The number of aryl methyl sites for hydroxylation is 6. The molecule has 6 aromatic heterocycles. The molecule has 0 aliphatic rings. The highest BCUT2D eigenvalue weighted by atomic mass is 16.2. The number of hydrogen-bond acceptors (Lipinski definition) is 12. The molecule has 388 valence electrons. The van der Waals surface area contributed by atoms with E-state index in [0.717, 1.165) is 44.3 Å². The number of ketones is 8. The van der Waals surface area contributed by atoms with Crippen LogP contribution < -0.4 is 0 Å². The zero-order valence-electron chi connectivity index (χ0n) is 43.7. The van der Waals surface area contributed by atoms with Crippen LogP contribution in [0.2, 0.25) is 0 Å². The number of aromatic nitrogens is 9. The van der Waals surface area contributed by atoms with Crippen LogP contribution in [0.15, 0.2) is 61.6 Å². The van der Waals surface area contributed by atoms with Crippen LogP contribution in [0.5, 0.6) is 0 Å². The summed E-state index contributed by atoms with van der Waals surface area (Å²) in [6.07, 6.45) is 17.8. The van der Waals surface area contributed by atoms with Crippen LogP contribution in [0.1, 0.15) is 169 Å². The molecule has 0 aliphatic carbocycles. The second-order valence-electron chi connectivity index (χ2n) is 19.6. The summed E-state index contributed by atoms with van der Waals surface area (Å²) in [5, 5.41) is 0. The molecule has 0 fully saturated rings. The highest BCUT2D eigenvalue weighted by Gasteiger charge is 2.23. The van der Waals surface area contributed by atoms with E-state index in [4.69, 9.17) is 0 Å². The Morgan fingerprint density at radius 3 is 1.23 bits per heavy atom. The number of imidazole rings is 3. The van der Waals surface area contributed by atoms with Gasteiger partial charge in [-0.3, -0.25) is 38.4 Å². The van der Waals surface area contributed by atoms with Crippen molar-refractivity contribution >= 4 is 46.3 Å². The molecule has 0 radical (unpaired) electrons. The number of carbonyl (C=O) groups excluding carboxylic acids is 8. The standard InChI is InChI=1S/C55H70N10O8/c1-9-10-21-59(2)22-12-11-17-47(68)44-25-38(33-61(44)4)28-51(72)54-57-40(35-64(54)7)30-43(67)16-14-19-49(70)46-26-39(34-63(46)6)29-52(73)55-58-41(36-65(55)8)31-42(66)15-13-18-48(69)45-24-37(32-62(45)5)27-50(71)53-56-20-23-60(53)3/h20,23-26,32-36H,9-19,21-22,27-31H2,1-8H3. The molecule has 0 bridgehead atoms. The quantitative estimate of drug-likeness (QED) is 0.0324. The lowest BCUT2D eigenvalue weighted by molar-refractivity contribution is -0.119. The Kier molecular flexibility index (Phi) is 19.2. The molecule has 18 nitrogen and oxygen atoms in total. The summed E-state index contributed by atoms with van der Waals surface area (Å²) >= 11 is 0. The van der Waals surface area contributed by atoms with Crippen LogP contribution in [0.25, 0.3) is 0 Å². The van der Waals surface area contributed by atoms with Gasteiger partial charge in [-0.15, -0.1) is 0 Å². The van der Waals surface area contributed by atoms with Gasteiger partial charge in [0.2, 0.25) is 17.3 Å². The maximum atomic E-state index is 13.4. The monoisotopic (exact) mass is 999 g/mol. The molecule has 6 heterocycles. The summed E-state index contributed by atoms with van der Waals surface area (Å²) in [6, 6.07) is 5.16. The van der Waals surface area contributed by atoms with Crippen molar-refractivity contribution in [3.05, 3.63) is 124 Å². The van der Waals surface area contributed by atoms with Crippen LogP contribution in [-0.2, 0) is 84.0 Å². The van der Waals surface area contributed by atoms with Crippen molar-refractivity contribution < 1.29 is 38.4 Å². The molecule has 0 saturated heterocycles. The van der Waals surface area contributed by atoms with Gasteiger partial charge in [-0.05, 0) is 87.1 Å². The lowest BCUT2D eigenvalue weighted by Crippen LogP contribution is -2.21. The molecule has 0 atom stereocenters. The molecule has 0 unspecified atom stereocenters. The first-order chi connectivity index (χ1) is 34.8. The molecule has 6 aromatic rings. The first-order valence-electron chi connectivity index (χ1n) is 25.2. The third kappa shape index (κ3) is 15.2. The van der Waals surface area contributed by atoms with Gasteiger partial charge in [-0.1, -0.05) is 13.3 Å². The number of rotatable bonds is 32. The van der Waals surface area contributed by atoms with E-state index in [1.54, 1.807) is 124 Å². The van der Waals surface area contributed by atoms with Crippen molar-refractivity contribution in [1.29, 1.82) is 0 Å². The number of nitrogens with zero attached hydrogens (tertiary/aromatic N) is 10. The van der Waals surface area contributed by atoms with Crippen molar-refractivity contribution in [2.45, 2.75) is 110 Å². The van der Waals surface area contributed by atoms with Crippen molar-refractivity contribution in [3.63, 3.8) is 0 Å². The fraction of sp³-hybridized carbons (Fsp3) is 0.473. The zero-order chi connectivity index (χ0) is 52.9. The third-order valence-electron chi connectivity index (χ3n) is 13.1. The molecule has 18 heteroatoms. The summed E-state index contributed by atoms with van der Waals surface area (Å²) in [5.74, 6) is -0.381. The Labute approximate surface area is 426 Å². The summed E-state index contributed by atoms with van der Waals surface area (Å²) in [7, 11) is 12.5. The van der Waals surface area contributed by atoms with E-state index in [0.29, 0.717) is 64.7 Å². The van der Waals surface area contributed by atoms with Crippen LogP contribution in [0.4, 0.5) is 0 Å². The zero-order valence-corrected chi connectivity index (χ0v) is 43.7. The predicted molar refractivity (Wildman–Crippen MR) is 274 cm³/mol. The highest BCUT2D eigenvalue weighted by molar-refractivity contribution is 5.99. The number of unbranched alkanes of at least 4 members (excludes halogenated alkanes) is 2. The van der Waals surface area contributed by atoms with E-state index in [-0.39, 0.29) is 116 Å². The lowest BCUT2D eigenvalue weighted by Gasteiger charge is -2.15. The predicted octanol–water partition coefficient (Wildman–Crippen LogP) is 6.59. The molecule has 0 aliphatic heterocycles. The minimum absolute atomic E-state index is 0.00653. The Morgan fingerprint density at radius 2 is 0.836 bits per heavy atom. The van der Waals surface area contributed by atoms with Gasteiger partial charge < -0.3 is 32.3 Å². The maximum Gasteiger partial charge on any atom is 0.202 e. The fourth-order valence-electron chi connectivity index (χ4n) is 9.26. The maximum absolute atomic E-state index is 13.4. The van der Waals surface area contributed by atoms with Gasteiger partial charge in [-0.25, -0.2) is 15.0 Å². The Morgan fingerprint density at radius 1 is 0.438 bits per heavy atom. The first-order valence-corrected chi connectivity index (χ1v) is 25.2. The number of carbonyl (C=O) groups is 8. The smallest absolute Gasteiger partial charge is 0.202 e. The second kappa shape index (κ2) is 25.4. The number of Topliss-reactive ketones (excluding diaryl/α,β-unsaturated/α-hetero) is 8. The van der Waals surface area contributed by atoms with Crippen molar-refractivity contribution in [2.75, 3.05) is 20.1 Å². The molecule has 0 amide bonds. The van der Waals surface area contributed by atoms with Gasteiger partial charge >= 0.3 is 0 Å². The topological polar surface area (TPSA) is 208 Å². The van der Waals surface area contributed by atoms with Gasteiger partial charge in [0.1, 0.15) is 11.6 Å². The van der Waals surface area contributed by atoms with E-state index in [9.17, 15) is 38.4 Å². The average Bonchev–Trinajstić information content (AvgIpc) is 4.20. The Bertz CT molecular complexity index is 2990. The molecule has 73 heavy (non-hydrogen) atoms. The van der Waals surface area contributed by atoms with Crippen LogP contribution >= 0.6 is 0 Å². The molecular weight excluding hydrogens is 929 g/mol. The fourth-order valence-corrected chi connectivity index (χ4v) is 9.26. The van der Waals surface area contributed by atoms with Gasteiger partial charge in [0.05, 0.1) is 41.3 Å². The van der Waals surface area contributed by atoms with Gasteiger partial charge in [0, 0.05) is 137 Å². The van der Waals surface area contributed by atoms with E-state index in [2.05, 4.69) is 33.8 Å². The van der Waals surface area contributed by atoms with E-state index >= 15 is 0 Å². The van der Waals surface area contributed by atoms with E-state index in [1.165, 1.54) is 0 Å². The Balaban J connectivity index is 0.902. The minimum Gasteiger partial charge on any atom is -0.348 e. The summed E-state index contributed by atoms with van der Waals surface area (Å²) in [6.45, 7) is 4.19. The summed E-state index contributed by atoms with van der Waals surface area (Å²) in [5.41, 5.74) is 4.40. The lowest BCUT2D eigenvalue weighted by atomic mass is 10.1. The molecular formula is C55H70N10O8. The SMILES string of the molecule is CCCCN(C)CCCCC(=O)c1cc(CC(=O)c2nc(CC(=O)CCCC(=O)c3cc(CC(=O)c4nc(CC(=O)CCCC(=O)c5cc(CC(=O)c6nccn6C)cn5C)cn4C)cn3C)cn2C)cn1C. The van der Waals surface area contributed by atoms with Crippen LogP contribution in [0, 0.1) is 0 Å². The highest BCUT2D eigenvalue weighted by Crippen LogP contribution is 2.19. The third-order valence-corrected chi connectivity index (χ3v) is 13.1. The van der Waals surface area contributed by atoms with Gasteiger partial charge in [-0.2, -0.15) is 0 Å². The second-order valence-corrected chi connectivity index (χ2v) is 19.6. The van der Waals surface area contributed by atoms with E-state index in [1.807, 2.05) is 7.05 Å². The molecule has 0 N–H and O–H groups in total. The normalized spacial score (nSPS) is 11.5. The van der Waals surface area contributed by atoms with E-state index < -0.39 is 0 Å². The van der Waals surface area contributed by atoms with Gasteiger partial charge in [0.15, 0.2) is 34.8 Å². The van der Waals surface area contributed by atoms with Crippen LogP contribution in [0.3, 0.4) is 0 Å². The van der Waals surface area contributed by atoms with Crippen molar-refractivity contribution in [3.8, 4) is 0 Å². The number of hydrogen-bond donors (Lipinski definition) is 0. The van der Waals surface area contributed by atoms with Crippen molar-refractivity contribution in [1.82, 2.24) is 47.3 Å². The molecule has 6 rings (SSSR count).